The van der Waals surface area contributed by atoms with Crippen LogP contribution in [0.4, 0.5) is 0 Å². The summed E-state index contributed by atoms with van der Waals surface area (Å²) in [6.45, 7) is 10.3. The summed E-state index contributed by atoms with van der Waals surface area (Å²) in [5.41, 5.74) is 0.333. The number of piperidine rings is 2. The zero-order chi connectivity index (χ0) is 15.1. The summed E-state index contributed by atoms with van der Waals surface area (Å²) in [6, 6.07) is 0. The molecule has 4 rings (SSSR count). The second kappa shape index (κ2) is 5.25. The SMILES string of the molecule is CC12CN3CC(=O)NCCNC(=O)CN(C1)CC(C)(C3)C2. The first-order valence-electron chi connectivity index (χ1n) is 7.84. The Morgan fingerprint density at radius 2 is 1.19 bits per heavy atom. The number of amides is 2. The molecule has 4 aliphatic rings. The van der Waals surface area contributed by atoms with Crippen LogP contribution < -0.4 is 10.6 Å². The van der Waals surface area contributed by atoms with Crippen molar-refractivity contribution in [1.82, 2.24) is 20.4 Å². The molecule has 0 saturated carbocycles. The van der Waals surface area contributed by atoms with Crippen LogP contribution in [0.2, 0.25) is 0 Å². The zero-order valence-corrected chi connectivity index (χ0v) is 13.1. The van der Waals surface area contributed by atoms with Crippen LogP contribution in [-0.4, -0.2) is 74.0 Å². The fourth-order valence-corrected chi connectivity index (χ4v) is 4.77. The number of nitrogens with zero attached hydrogens (tertiary/aromatic N) is 2. The minimum atomic E-state index is 0.0625. The fourth-order valence-electron chi connectivity index (χ4n) is 4.77. The van der Waals surface area contributed by atoms with Crippen molar-refractivity contribution in [3.05, 3.63) is 0 Å². The number of fused-ring (bicyclic) bond motifs is 7. The van der Waals surface area contributed by atoms with E-state index in [0.717, 1.165) is 26.2 Å². The first-order chi connectivity index (χ1) is 9.86. The van der Waals surface area contributed by atoms with Gasteiger partial charge in [-0.2, -0.15) is 0 Å². The number of hydrogen-bond acceptors (Lipinski definition) is 4. The van der Waals surface area contributed by atoms with Gasteiger partial charge in [-0.1, -0.05) is 13.8 Å². The highest BCUT2D eigenvalue weighted by molar-refractivity contribution is 5.79. The molecule has 6 heteroatoms. The van der Waals surface area contributed by atoms with Crippen molar-refractivity contribution in [2.45, 2.75) is 20.3 Å². The van der Waals surface area contributed by atoms with Crippen molar-refractivity contribution in [2.75, 3.05) is 52.4 Å². The third-order valence-corrected chi connectivity index (χ3v) is 4.78. The van der Waals surface area contributed by atoms with E-state index in [9.17, 15) is 9.59 Å². The van der Waals surface area contributed by atoms with Crippen LogP contribution in [-0.2, 0) is 9.59 Å². The van der Waals surface area contributed by atoms with E-state index in [1.807, 2.05) is 0 Å². The maximum Gasteiger partial charge on any atom is 0.234 e. The van der Waals surface area contributed by atoms with Crippen LogP contribution in [0.3, 0.4) is 0 Å². The Kier molecular flexibility index (Phi) is 3.69. The molecule has 6 nitrogen and oxygen atoms in total. The van der Waals surface area contributed by atoms with E-state index in [-0.39, 0.29) is 22.6 Å². The molecular weight excluding hydrogens is 268 g/mol. The fraction of sp³-hybridized carbons (Fsp3) is 0.867. The van der Waals surface area contributed by atoms with Gasteiger partial charge in [-0.15, -0.1) is 0 Å². The van der Waals surface area contributed by atoms with Crippen LogP contribution >= 0.6 is 0 Å². The molecule has 0 atom stereocenters. The molecule has 2 N–H and O–H groups in total. The maximum absolute atomic E-state index is 12.0. The minimum Gasteiger partial charge on any atom is -0.353 e. The molecule has 4 heterocycles. The number of carbonyl (C=O) groups excluding carboxylic acids is 2. The van der Waals surface area contributed by atoms with Crippen LogP contribution in [0.1, 0.15) is 20.3 Å². The van der Waals surface area contributed by atoms with Crippen molar-refractivity contribution in [2.24, 2.45) is 10.8 Å². The monoisotopic (exact) mass is 294 g/mol. The van der Waals surface area contributed by atoms with Crippen molar-refractivity contribution in [3.63, 3.8) is 0 Å². The molecule has 0 aliphatic carbocycles. The average molecular weight is 294 g/mol. The largest absolute Gasteiger partial charge is 0.353 e. The van der Waals surface area contributed by atoms with Gasteiger partial charge < -0.3 is 10.6 Å². The van der Waals surface area contributed by atoms with Gasteiger partial charge in [0.15, 0.2) is 0 Å². The molecule has 0 spiro atoms. The van der Waals surface area contributed by atoms with E-state index in [4.69, 9.17) is 0 Å². The molecule has 21 heavy (non-hydrogen) atoms. The van der Waals surface area contributed by atoms with E-state index in [2.05, 4.69) is 34.3 Å². The third kappa shape index (κ3) is 3.37. The normalized spacial score (nSPS) is 44.3. The molecule has 0 radical (unpaired) electrons. The van der Waals surface area contributed by atoms with Crippen molar-refractivity contribution in [1.29, 1.82) is 0 Å². The van der Waals surface area contributed by atoms with Gasteiger partial charge in [0, 0.05) is 39.3 Å². The highest BCUT2D eigenvalue weighted by Crippen LogP contribution is 2.45. The Balaban J connectivity index is 1.84. The lowest BCUT2D eigenvalue weighted by atomic mass is 9.65. The summed E-state index contributed by atoms with van der Waals surface area (Å²) in [6.07, 6.45) is 1.18. The number of nitrogens with one attached hydrogen (secondary N) is 2. The first kappa shape index (κ1) is 14.8. The van der Waals surface area contributed by atoms with Crippen LogP contribution in [0.25, 0.3) is 0 Å². The highest BCUT2D eigenvalue weighted by atomic mass is 16.2. The summed E-state index contributed by atoms with van der Waals surface area (Å²) in [4.78, 5) is 28.6. The van der Waals surface area contributed by atoms with Crippen LogP contribution in [0.15, 0.2) is 0 Å². The van der Waals surface area contributed by atoms with Gasteiger partial charge in [-0.25, -0.2) is 0 Å². The van der Waals surface area contributed by atoms with Gasteiger partial charge in [-0.3, -0.25) is 19.4 Å². The van der Waals surface area contributed by atoms with Crippen LogP contribution in [0, 0.1) is 10.8 Å². The van der Waals surface area contributed by atoms with Gasteiger partial charge in [0.25, 0.3) is 0 Å². The number of rotatable bonds is 0. The van der Waals surface area contributed by atoms with Gasteiger partial charge in [-0.05, 0) is 17.3 Å². The van der Waals surface area contributed by atoms with E-state index < -0.39 is 0 Å². The lowest BCUT2D eigenvalue weighted by Gasteiger charge is -2.56. The standard InChI is InChI=1S/C15H26N4O2/c1-14-7-15(2)10-18(8-14)5-12(20)16-3-4-17-13(21)6-19(9-14)11-15/h3-11H2,1-2H3,(H,16,20)(H,17,21). The maximum atomic E-state index is 12.0. The summed E-state index contributed by atoms with van der Waals surface area (Å²) < 4.78 is 0. The molecule has 4 aliphatic heterocycles. The van der Waals surface area contributed by atoms with Gasteiger partial charge >= 0.3 is 0 Å². The summed E-state index contributed by atoms with van der Waals surface area (Å²) in [5, 5.41) is 5.78. The molecule has 4 fully saturated rings. The Labute approximate surface area is 126 Å². The van der Waals surface area contributed by atoms with Gasteiger partial charge in [0.1, 0.15) is 0 Å². The summed E-state index contributed by atoms with van der Waals surface area (Å²) in [5.74, 6) is 0.125. The second-order valence-corrected chi connectivity index (χ2v) is 7.79. The van der Waals surface area contributed by atoms with Gasteiger partial charge in [0.2, 0.25) is 11.8 Å². The molecule has 118 valence electrons. The van der Waals surface area contributed by atoms with Crippen molar-refractivity contribution in [3.8, 4) is 0 Å². The lowest BCUT2D eigenvalue weighted by molar-refractivity contribution is -0.128. The second-order valence-electron chi connectivity index (χ2n) is 7.79. The molecule has 0 aromatic rings. The van der Waals surface area contributed by atoms with E-state index in [1.54, 1.807) is 0 Å². The average Bonchev–Trinajstić information content (AvgIpc) is 2.30. The highest BCUT2D eigenvalue weighted by Gasteiger charge is 2.48. The molecule has 4 saturated heterocycles. The molecule has 4 bridgehead atoms. The third-order valence-electron chi connectivity index (χ3n) is 4.78. The Morgan fingerprint density at radius 3 is 1.57 bits per heavy atom. The predicted octanol–water partition coefficient (Wildman–Crippen LogP) is -0.734. The molecule has 0 aromatic carbocycles. The zero-order valence-electron chi connectivity index (χ0n) is 13.1. The van der Waals surface area contributed by atoms with Crippen molar-refractivity contribution >= 4 is 11.8 Å². The molecule has 0 aromatic heterocycles. The molecule has 2 amide bonds. The number of carbonyl (C=O) groups is 2. The first-order valence-corrected chi connectivity index (χ1v) is 7.84. The Bertz CT molecular complexity index is 399. The molecule has 0 unspecified atom stereocenters. The minimum absolute atomic E-state index is 0.0625. The smallest absolute Gasteiger partial charge is 0.234 e. The topological polar surface area (TPSA) is 64.7 Å². The Hall–Kier alpha value is -1.14. The summed E-state index contributed by atoms with van der Waals surface area (Å²) in [7, 11) is 0. The number of hydrogen-bond donors (Lipinski definition) is 2. The van der Waals surface area contributed by atoms with Crippen molar-refractivity contribution < 1.29 is 9.59 Å². The quantitative estimate of drug-likeness (QED) is 0.618. The van der Waals surface area contributed by atoms with E-state index in [1.165, 1.54) is 6.42 Å². The Morgan fingerprint density at radius 1 is 0.810 bits per heavy atom. The lowest BCUT2D eigenvalue weighted by Crippen LogP contribution is -2.63. The summed E-state index contributed by atoms with van der Waals surface area (Å²) >= 11 is 0. The molecular formula is C15H26N4O2. The van der Waals surface area contributed by atoms with E-state index in [0.29, 0.717) is 26.2 Å². The predicted molar refractivity (Wildman–Crippen MR) is 79.7 cm³/mol. The van der Waals surface area contributed by atoms with Gasteiger partial charge in [0.05, 0.1) is 13.1 Å². The van der Waals surface area contributed by atoms with Crippen LogP contribution in [0.5, 0.6) is 0 Å². The van der Waals surface area contributed by atoms with E-state index >= 15 is 0 Å².